The predicted molar refractivity (Wildman–Crippen MR) is 51.4 cm³/mol. The van der Waals surface area contributed by atoms with Crippen LogP contribution in [0.25, 0.3) is 0 Å². The Bertz CT molecular complexity index is 162. The molecule has 0 amide bonds. The monoisotopic (exact) mass is 188 g/mol. The van der Waals surface area contributed by atoms with E-state index in [1.807, 2.05) is 0 Å². The van der Waals surface area contributed by atoms with Gasteiger partial charge in [0, 0.05) is 9.52 Å². The molecule has 0 aromatic heterocycles. The van der Waals surface area contributed by atoms with Crippen molar-refractivity contribution in [2.24, 2.45) is 0 Å². The van der Waals surface area contributed by atoms with Gasteiger partial charge >= 0.3 is 6.16 Å². The van der Waals surface area contributed by atoms with Crippen molar-refractivity contribution in [2.75, 3.05) is 6.61 Å². The number of carboxylic acid groups (broad SMARTS) is 1. The van der Waals surface area contributed by atoms with Crippen molar-refractivity contribution in [3.8, 4) is 0 Å². The molecule has 0 unspecified atom stereocenters. The summed E-state index contributed by atoms with van der Waals surface area (Å²) >= 11 is 0. The predicted octanol–water partition coefficient (Wildman–Crippen LogP) is 1.58. The van der Waals surface area contributed by atoms with Crippen LogP contribution in [0, 0.1) is 0 Å². The van der Waals surface area contributed by atoms with Gasteiger partial charge in [-0.3, -0.25) is 0 Å². The maximum atomic E-state index is 9.92. The van der Waals surface area contributed by atoms with Crippen LogP contribution in [0.1, 0.15) is 20.3 Å². The van der Waals surface area contributed by atoms with E-state index in [9.17, 15) is 4.79 Å². The van der Waals surface area contributed by atoms with Crippen LogP contribution in [0.4, 0.5) is 4.79 Å². The molecule has 0 aromatic carbocycles. The minimum absolute atomic E-state index is 0.116. The zero-order valence-electron chi connectivity index (χ0n) is 7.67. The fraction of sp³-hybridized carbons (Fsp3) is 0.625. The first-order chi connectivity index (χ1) is 5.63. The summed E-state index contributed by atoms with van der Waals surface area (Å²) in [6.45, 7) is 4.51. The maximum absolute atomic E-state index is 9.92. The summed E-state index contributed by atoms with van der Waals surface area (Å²) in [7, 11) is -0.116. The number of hydrogen-bond donors (Lipinski definition) is 1. The molecule has 0 atom stereocenters. The lowest BCUT2D eigenvalue weighted by molar-refractivity contribution is 0.0918. The summed E-state index contributed by atoms with van der Waals surface area (Å²) in [6.07, 6.45) is -0.304. The molecular formula is C8H16O3Si. The van der Waals surface area contributed by atoms with E-state index >= 15 is 0 Å². The summed E-state index contributed by atoms with van der Waals surface area (Å²) in [5.41, 5.74) is 3.64. The highest BCUT2D eigenvalue weighted by atomic mass is 28.2. The van der Waals surface area contributed by atoms with Gasteiger partial charge in [0.15, 0.2) is 0 Å². The highest BCUT2D eigenvalue weighted by Crippen LogP contribution is 1.94. The molecule has 0 aliphatic carbocycles. The van der Waals surface area contributed by atoms with Gasteiger partial charge in [-0.2, -0.15) is 0 Å². The minimum atomic E-state index is -1.17. The summed E-state index contributed by atoms with van der Waals surface area (Å²) in [6, 6.07) is 1.12. The molecule has 0 aromatic rings. The van der Waals surface area contributed by atoms with Crippen LogP contribution in [-0.4, -0.2) is 27.4 Å². The third-order valence-electron chi connectivity index (χ3n) is 1.38. The Kier molecular flexibility index (Phi) is 6.46. The van der Waals surface area contributed by atoms with Crippen molar-refractivity contribution in [1.82, 2.24) is 0 Å². The number of carbonyl (C=O) groups is 1. The molecule has 0 rings (SSSR count). The Hall–Kier alpha value is -0.773. The average Bonchev–Trinajstić information content (AvgIpc) is 1.95. The van der Waals surface area contributed by atoms with Crippen molar-refractivity contribution in [3.63, 3.8) is 0 Å². The SMILES string of the molecule is CC(C)=C[SiH2]CCCOC(=O)O. The topological polar surface area (TPSA) is 46.5 Å². The smallest absolute Gasteiger partial charge is 0.450 e. The maximum Gasteiger partial charge on any atom is 0.505 e. The standard InChI is InChI=1S/C8H16O3Si/c1-7(2)6-12-5-3-4-11-8(9)10/h6H,3-5,12H2,1-2H3,(H,9,10). The van der Waals surface area contributed by atoms with Gasteiger partial charge in [0.2, 0.25) is 0 Å². The first-order valence-electron chi connectivity index (χ1n) is 4.12. The third kappa shape index (κ3) is 9.23. The van der Waals surface area contributed by atoms with Crippen molar-refractivity contribution < 1.29 is 14.6 Å². The largest absolute Gasteiger partial charge is 0.505 e. The van der Waals surface area contributed by atoms with Gasteiger partial charge in [-0.25, -0.2) is 4.79 Å². The zero-order valence-corrected chi connectivity index (χ0v) is 9.08. The van der Waals surface area contributed by atoms with E-state index in [1.54, 1.807) is 0 Å². The van der Waals surface area contributed by atoms with Gasteiger partial charge in [-0.15, -0.1) is 5.70 Å². The molecular weight excluding hydrogens is 172 g/mol. The van der Waals surface area contributed by atoms with Gasteiger partial charge in [0.25, 0.3) is 0 Å². The molecule has 0 saturated heterocycles. The average molecular weight is 188 g/mol. The number of rotatable bonds is 5. The molecule has 0 spiro atoms. The zero-order chi connectivity index (χ0) is 9.40. The Labute approximate surface area is 75.2 Å². The molecule has 0 heterocycles. The quantitative estimate of drug-likeness (QED) is 0.405. The van der Waals surface area contributed by atoms with Gasteiger partial charge in [0.05, 0.1) is 6.61 Å². The minimum Gasteiger partial charge on any atom is -0.450 e. The number of allylic oxidation sites excluding steroid dienone is 1. The van der Waals surface area contributed by atoms with Gasteiger partial charge in [-0.1, -0.05) is 11.6 Å². The van der Waals surface area contributed by atoms with Crippen LogP contribution in [-0.2, 0) is 4.74 Å². The van der Waals surface area contributed by atoms with E-state index in [0.29, 0.717) is 6.61 Å². The number of hydrogen-bond acceptors (Lipinski definition) is 2. The summed E-state index contributed by atoms with van der Waals surface area (Å²) in [5, 5.41) is 8.14. The van der Waals surface area contributed by atoms with Crippen molar-refractivity contribution in [2.45, 2.75) is 26.3 Å². The molecule has 0 aliphatic heterocycles. The molecule has 0 bridgehead atoms. The Morgan fingerprint density at radius 2 is 2.25 bits per heavy atom. The van der Waals surface area contributed by atoms with Crippen LogP contribution in [0.3, 0.4) is 0 Å². The Balaban J connectivity index is 3.11. The van der Waals surface area contributed by atoms with Crippen LogP contribution in [0.2, 0.25) is 6.04 Å². The lowest BCUT2D eigenvalue weighted by Crippen LogP contribution is -2.02. The van der Waals surface area contributed by atoms with Crippen LogP contribution in [0.15, 0.2) is 11.3 Å². The molecule has 0 saturated carbocycles. The van der Waals surface area contributed by atoms with Crippen molar-refractivity contribution in [3.05, 3.63) is 11.3 Å². The number of ether oxygens (including phenoxy) is 1. The van der Waals surface area contributed by atoms with E-state index in [2.05, 4.69) is 24.3 Å². The van der Waals surface area contributed by atoms with Crippen LogP contribution >= 0.6 is 0 Å². The first-order valence-corrected chi connectivity index (χ1v) is 5.93. The highest BCUT2D eigenvalue weighted by Gasteiger charge is 1.94. The second kappa shape index (κ2) is 6.91. The van der Waals surface area contributed by atoms with E-state index in [0.717, 1.165) is 12.5 Å². The lowest BCUT2D eigenvalue weighted by atomic mass is 10.4. The molecule has 0 radical (unpaired) electrons. The summed E-state index contributed by atoms with van der Waals surface area (Å²) < 4.78 is 4.37. The molecule has 0 aliphatic rings. The Morgan fingerprint density at radius 3 is 2.75 bits per heavy atom. The molecule has 0 fully saturated rings. The normalized spacial score (nSPS) is 10.2. The summed E-state index contributed by atoms with van der Waals surface area (Å²) in [5.74, 6) is 0. The van der Waals surface area contributed by atoms with E-state index in [-0.39, 0.29) is 9.52 Å². The van der Waals surface area contributed by atoms with E-state index < -0.39 is 6.16 Å². The summed E-state index contributed by atoms with van der Waals surface area (Å²) in [4.78, 5) is 9.92. The molecule has 3 nitrogen and oxygen atoms in total. The third-order valence-corrected chi connectivity index (χ3v) is 3.39. The fourth-order valence-corrected chi connectivity index (χ4v) is 2.07. The highest BCUT2D eigenvalue weighted by molar-refractivity contribution is 6.42. The molecule has 12 heavy (non-hydrogen) atoms. The van der Waals surface area contributed by atoms with Crippen LogP contribution in [0.5, 0.6) is 0 Å². The Morgan fingerprint density at radius 1 is 1.58 bits per heavy atom. The molecule has 4 heteroatoms. The van der Waals surface area contributed by atoms with Gasteiger partial charge in [0.1, 0.15) is 0 Å². The molecule has 70 valence electrons. The second-order valence-corrected chi connectivity index (χ2v) is 4.58. The second-order valence-electron chi connectivity index (χ2n) is 2.89. The molecule has 1 N–H and O–H groups in total. The van der Waals surface area contributed by atoms with Crippen LogP contribution < -0.4 is 0 Å². The van der Waals surface area contributed by atoms with Crippen molar-refractivity contribution in [1.29, 1.82) is 0 Å². The van der Waals surface area contributed by atoms with Gasteiger partial charge in [-0.05, 0) is 20.3 Å². The van der Waals surface area contributed by atoms with E-state index in [1.165, 1.54) is 5.57 Å². The first kappa shape index (κ1) is 11.2. The van der Waals surface area contributed by atoms with E-state index in [4.69, 9.17) is 5.11 Å². The fourth-order valence-electron chi connectivity index (χ4n) is 0.797. The lowest BCUT2D eigenvalue weighted by Gasteiger charge is -1.97. The van der Waals surface area contributed by atoms with Crippen molar-refractivity contribution >= 4 is 15.7 Å². The van der Waals surface area contributed by atoms with Gasteiger partial charge < -0.3 is 9.84 Å².